The molecule has 0 amide bonds. The molecule has 2 aromatic rings. The summed E-state index contributed by atoms with van der Waals surface area (Å²) in [5.41, 5.74) is 2.86. The second-order valence-electron chi connectivity index (χ2n) is 6.81. The minimum atomic E-state index is -3.77. The molecule has 0 aliphatic heterocycles. The monoisotopic (exact) mass is 404 g/mol. The molecular formula is C20H24N2O5S. The number of benzene rings is 1. The van der Waals surface area contributed by atoms with Crippen LogP contribution in [0.1, 0.15) is 59.2 Å². The van der Waals surface area contributed by atoms with E-state index in [-0.39, 0.29) is 10.7 Å². The van der Waals surface area contributed by atoms with Gasteiger partial charge in [0.15, 0.2) is 0 Å². The summed E-state index contributed by atoms with van der Waals surface area (Å²) in [5, 5.41) is 4.16. The van der Waals surface area contributed by atoms with Gasteiger partial charge >= 0.3 is 5.97 Å². The van der Waals surface area contributed by atoms with Crippen molar-refractivity contribution >= 4 is 21.7 Å². The molecule has 8 heteroatoms. The highest BCUT2D eigenvalue weighted by molar-refractivity contribution is 7.89. The zero-order valence-corrected chi connectivity index (χ0v) is 17.1. The number of nitrogens with zero attached hydrogens (tertiary/aromatic N) is 1. The fourth-order valence-corrected chi connectivity index (χ4v) is 3.95. The zero-order valence-electron chi connectivity index (χ0n) is 16.2. The van der Waals surface area contributed by atoms with Crippen molar-refractivity contribution < 1.29 is 22.4 Å². The minimum Gasteiger partial charge on any atom is -0.460 e. The molecule has 0 atom stereocenters. The van der Waals surface area contributed by atoms with Crippen LogP contribution in [0, 0.1) is 13.8 Å². The number of fused-ring (bicyclic) bond motifs is 1. The first kappa shape index (κ1) is 20.1. The van der Waals surface area contributed by atoms with Crippen molar-refractivity contribution in [3.8, 4) is 0 Å². The number of carbonyl (C=O) groups excluding carboxylic acids is 1. The van der Waals surface area contributed by atoms with E-state index in [2.05, 4.69) is 9.93 Å². The van der Waals surface area contributed by atoms with Gasteiger partial charge in [-0.2, -0.15) is 18.4 Å². The maximum atomic E-state index is 12.5. The van der Waals surface area contributed by atoms with Crippen LogP contribution in [0.2, 0.25) is 0 Å². The van der Waals surface area contributed by atoms with Gasteiger partial charge in [-0.25, -0.2) is 4.79 Å². The summed E-state index contributed by atoms with van der Waals surface area (Å²) in [6.07, 6.45) is 2.74. The highest BCUT2D eigenvalue weighted by Gasteiger charge is 2.29. The number of sulfonamides is 1. The number of hydrazone groups is 1. The Labute approximate surface area is 164 Å². The number of carbonyl (C=O) groups is 1. The topological polar surface area (TPSA) is 98.0 Å². The largest absolute Gasteiger partial charge is 0.460 e. The van der Waals surface area contributed by atoms with Crippen molar-refractivity contribution in [2.45, 2.75) is 51.3 Å². The van der Waals surface area contributed by atoms with Crippen LogP contribution in [-0.2, 0) is 21.2 Å². The number of rotatable bonds is 6. The van der Waals surface area contributed by atoms with Crippen molar-refractivity contribution in [3.63, 3.8) is 0 Å². The molecule has 150 valence electrons. The van der Waals surface area contributed by atoms with E-state index >= 15 is 0 Å². The SMILES string of the molecule is CCCOC(=O)c1oc2c(c1C)/C(=N/NS(=O)(=O)c1ccc(C)cc1)CCC2. The van der Waals surface area contributed by atoms with Crippen LogP contribution in [0.4, 0.5) is 0 Å². The molecule has 3 rings (SSSR count). The van der Waals surface area contributed by atoms with Gasteiger partial charge in [0, 0.05) is 17.5 Å². The maximum Gasteiger partial charge on any atom is 0.374 e. The van der Waals surface area contributed by atoms with Gasteiger partial charge in [0.25, 0.3) is 10.0 Å². The lowest BCUT2D eigenvalue weighted by Gasteiger charge is -2.14. The first-order chi connectivity index (χ1) is 13.3. The third-order valence-electron chi connectivity index (χ3n) is 4.58. The fraction of sp³-hybridized carbons (Fsp3) is 0.400. The van der Waals surface area contributed by atoms with E-state index in [9.17, 15) is 13.2 Å². The van der Waals surface area contributed by atoms with Gasteiger partial charge in [0.05, 0.1) is 17.2 Å². The normalized spacial score (nSPS) is 15.3. The molecule has 0 spiro atoms. The molecule has 0 radical (unpaired) electrons. The number of nitrogens with one attached hydrogen (secondary N) is 1. The highest BCUT2D eigenvalue weighted by atomic mass is 32.2. The quantitative estimate of drug-likeness (QED) is 0.587. The molecule has 1 heterocycles. The van der Waals surface area contributed by atoms with Gasteiger partial charge in [-0.3, -0.25) is 0 Å². The van der Waals surface area contributed by atoms with Crippen LogP contribution in [0.3, 0.4) is 0 Å². The number of hydrogen-bond donors (Lipinski definition) is 1. The lowest BCUT2D eigenvalue weighted by atomic mass is 9.93. The third kappa shape index (κ3) is 4.11. The van der Waals surface area contributed by atoms with Crippen molar-refractivity contribution in [1.82, 2.24) is 4.83 Å². The molecule has 0 saturated carbocycles. The van der Waals surface area contributed by atoms with E-state index in [0.29, 0.717) is 42.0 Å². The van der Waals surface area contributed by atoms with Crippen LogP contribution in [0.5, 0.6) is 0 Å². The van der Waals surface area contributed by atoms with E-state index < -0.39 is 16.0 Å². The Bertz CT molecular complexity index is 1000. The molecule has 1 aliphatic rings. The Hall–Kier alpha value is -2.61. The molecule has 28 heavy (non-hydrogen) atoms. The number of esters is 1. The molecule has 1 N–H and O–H groups in total. The van der Waals surface area contributed by atoms with Gasteiger partial charge < -0.3 is 9.15 Å². The molecule has 0 unspecified atom stereocenters. The summed E-state index contributed by atoms with van der Waals surface area (Å²) in [5.74, 6) is 0.295. The Balaban J connectivity index is 1.88. The smallest absolute Gasteiger partial charge is 0.374 e. The number of ether oxygens (including phenoxy) is 1. The van der Waals surface area contributed by atoms with Crippen LogP contribution >= 0.6 is 0 Å². The lowest BCUT2D eigenvalue weighted by Crippen LogP contribution is -2.22. The maximum absolute atomic E-state index is 12.5. The summed E-state index contributed by atoms with van der Waals surface area (Å²) in [4.78, 5) is 14.7. The Morgan fingerprint density at radius 3 is 2.61 bits per heavy atom. The molecule has 0 fully saturated rings. The van der Waals surface area contributed by atoms with Gasteiger partial charge in [-0.1, -0.05) is 24.6 Å². The zero-order chi connectivity index (χ0) is 20.3. The van der Waals surface area contributed by atoms with Crippen LogP contribution in [0.15, 0.2) is 38.7 Å². The summed E-state index contributed by atoms with van der Waals surface area (Å²) < 4.78 is 35.9. The van der Waals surface area contributed by atoms with Crippen molar-refractivity contribution in [2.24, 2.45) is 5.10 Å². The molecule has 0 bridgehead atoms. The van der Waals surface area contributed by atoms with Gasteiger partial charge in [-0.05, 0) is 45.2 Å². The first-order valence-corrected chi connectivity index (χ1v) is 10.8. The standard InChI is InChI=1S/C20H24N2O5S/c1-4-12-26-20(23)19-14(3)18-16(6-5-7-17(18)27-19)21-22-28(24,25)15-10-8-13(2)9-11-15/h8-11,22H,4-7,12H2,1-3H3/b21-16+. The molecule has 1 aliphatic carbocycles. The number of furan rings is 1. The summed E-state index contributed by atoms with van der Waals surface area (Å²) in [6, 6.07) is 6.54. The van der Waals surface area contributed by atoms with Crippen LogP contribution in [-0.4, -0.2) is 26.7 Å². The fourth-order valence-electron chi connectivity index (χ4n) is 3.12. The molecular weight excluding hydrogens is 380 g/mol. The highest BCUT2D eigenvalue weighted by Crippen LogP contribution is 2.30. The average molecular weight is 404 g/mol. The Morgan fingerprint density at radius 1 is 1.21 bits per heavy atom. The van der Waals surface area contributed by atoms with Crippen molar-refractivity contribution in [3.05, 3.63) is 52.5 Å². The third-order valence-corrected chi connectivity index (χ3v) is 5.80. The van der Waals surface area contributed by atoms with Gasteiger partial charge in [0.2, 0.25) is 5.76 Å². The molecule has 7 nitrogen and oxygen atoms in total. The van der Waals surface area contributed by atoms with Gasteiger partial charge in [0.1, 0.15) is 5.76 Å². The second-order valence-corrected chi connectivity index (χ2v) is 8.47. The van der Waals surface area contributed by atoms with E-state index in [4.69, 9.17) is 9.15 Å². The van der Waals surface area contributed by atoms with Crippen LogP contribution < -0.4 is 4.83 Å². The van der Waals surface area contributed by atoms with E-state index in [1.807, 2.05) is 13.8 Å². The number of aryl methyl sites for hydroxylation is 2. The molecule has 1 aromatic carbocycles. The van der Waals surface area contributed by atoms with Gasteiger partial charge in [-0.15, -0.1) is 0 Å². The summed E-state index contributed by atoms with van der Waals surface area (Å²) in [6.45, 7) is 5.89. The van der Waals surface area contributed by atoms with E-state index in [1.54, 1.807) is 19.1 Å². The Kier molecular flexibility index (Phi) is 5.88. The summed E-state index contributed by atoms with van der Waals surface area (Å²) >= 11 is 0. The lowest BCUT2D eigenvalue weighted by molar-refractivity contribution is 0.0465. The molecule has 0 saturated heterocycles. The predicted molar refractivity (Wildman–Crippen MR) is 105 cm³/mol. The van der Waals surface area contributed by atoms with E-state index in [1.165, 1.54) is 12.1 Å². The predicted octanol–water partition coefficient (Wildman–Crippen LogP) is 3.48. The first-order valence-electron chi connectivity index (χ1n) is 9.28. The van der Waals surface area contributed by atoms with E-state index in [0.717, 1.165) is 18.4 Å². The number of hydrogen-bond acceptors (Lipinski definition) is 6. The average Bonchev–Trinajstić information content (AvgIpc) is 3.02. The summed E-state index contributed by atoms with van der Waals surface area (Å²) in [7, 11) is -3.77. The van der Waals surface area contributed by atoms with Crippen molar-refractivity contribution in [2.75, 3.05) is 6.61 Å². The van der Waals surface area contributed by atoms with Crippen LogP contribution in [0.25, 0.3) is 0 Å². The Morgan fingerprint density at radius 2 is 1.93 bits per heavy atom. The minimum absolute atomic E-state index is 0.145. The van der Waals surface area contributed by atoms with Crippen molar-refractivity contribution in [1.29, 1.82) is 0 Å². The molecule has 1 aromatic heterocycles. The second kappa shape index (κ2) is 8.18.